The van der Waals surface area contributed by atoms with E-state index in [0.717, 1.165) is 21.7 Å². The Hall–Kier alpha value is -2.58. The number of carbonyl (C=O) groups is 2. The summed E-state index contributed by atoms with van der Waals surface area (Å²) in [4.78, 5) is 27.3. The molecule has 0 unspecified atom stereocenters. The Kier molecular flexibility index (Phi) is 8.47. The van der Waals surface area contributed by atoms with Crippen LogP contribution in [-0.2, 0) is 26.2 Å². The maximum absolute atomic E-state index is 13.4. The molecule has 2 rings (SSSR count). The first-order chi connectivity index (χ1) is 14.6. The molecule has 168 valence electrons. The summed E-state index contributed by atoms with van der Waals surface area (Å²) in [6.45, 7) is 3.46. The van der Waals surface area contributed by atoms with Gasteiger partial charge in [-0.2, -0.15) is 0 Å². The van der Waals surface area contributed by atoms with Gasteiger partial charge in [0.25, 0.3) is 0 Å². The fourth-order valence-corrected chi connectivity index (χ4v) is 4.37. The van der Waals surface area contributed by atoms with Crippen LogP contribution in [0.3, 0.4) is 0 Å². The van der Waals surface area contributed by atoms with E-state index < -0.39 is 28.5 Å². The first-order valence-corrected chi connectivity index (χ1v) is 12.1. The molecule has 7 nitrogen and oxygen atoms in total. The number of carbonyl (C=O) groups excluding carboxylic acids is 2. The van der Waals surface area contributed by atoms with E-state index in [1.54, 1.807) is 25.1 Å². The highest BCUT2D eigenvalue weighted by Gasteiger charge is 2.31. The summed E-state index contributed by atoms with van der Waals surface area (Å²) >= 11 is 6.20. The highest BCUT2D eigenvalue weighted by Crippen LogP contribution is 2.27. The molecule has 1 atom stereocenters. The van der Waals surface area contributed by atoms with Gasteiger partial charge in [0.15, 0.2) is 0 Å². The predicted molar refractivity (Wildman–Crippen MR) is 124 cm³/mol. The number of sulfonamides is 1. The van der Waals surface area contributed by atoms with E-state index in [-0.39, 0.29) is 23.2 Å². The number of nitrogens with zero attached hydrogens (tertiary/aromatic N) is 2. The summed E-state index contributed by atoms with van der Waals surface area (Å²) in [7, 11) is -2.30. The second-order valence-electron chi connectivity index (χ2n) is 7.27. The van der Waals surface area contributed by atoms with E-state index >= 15 is 0 Å². The number of hydrogen-bond donors (Lipinski definition) is 1. The predicted octanol–water partition coefficient (Wildman–Crippen LogP) is 2.97. The summed E-state index contributed by atoms with van der Waals surface area (Å²) in [5.74, 6) is -0.812. The van der Waals surface area contributed by atoms with Crippen LogP contribution in [0.1, 0.15) is 24.5 Å². The number of hydrogen-bond acceptors (Lipinski definition) is 4. The molecule has 0 saturated heterocycles. The summed E-state index contributed by atoms with van der Waals surface area (Å²) in [6, 6.07) is 13.3. The average Bonchev–Trinajstić information content (AvgIpc) is 2.72. The Morgan fingerprint density at radius 2 is 1.71 bits per heavy atom. The van der Waals surface area contributed by atoms with Gasteiger partial charge in [-0.25, -0.2) is 8.42 Å². The lowest BCUT2D eigenvalue weighted by molar-refractivity contribution is -0.140. The summed E-state index contributed by atoms with van der Waals surface area (Å²) in [5.41, 5.74) is 2.12. The van der Waals surface area contributed by atoms with Crippen molar-refractivity contribution < 1.29 is 18.0 Å². The van der Waals surface area contributed by atoms with E-state index in [9.17, 15) is 18.0 Å². The molecule has 0 aromatic heterocycles. The molecule has 2 amide bonds. The standard InChI is InChI=1S/C22H28ClN3O4S/c1-5-19(22(28)24-3)25(14-17-12-10-16(2)11-13-17)21(27)15-26(31(4,29)30)20-9-7-6-8-18(20)23/h6-13,19H,5,14-15H2,1-4H3,(H,24,28)/t19-/m0/s1. The van der Waals surface area contributed by atoms with Crippen molar-refractivity contribution in [2.24, 2.45) is 0 Å². The molecule has 0 spiro atoms. The van der Waals surface area contributed by atoms with Crippen LogP contribution in [-0.4, -0.2) is 51.0 Å². The van der Waals surface area contributed by atoms with Crippen molar-refractivity contribution in [2.75, 3.05) is 24.2 Å². The molecule has 0 saturated carbocycles. The lowest BCUT2D eigenvalue weighted by Crippen LogP contribution is -2.51. The minimum Gasteiger partial charge on any atom is -0.357 e. The van der Waals surface area contributed by atoms with Crippen molar-refractivity contribution in [1.82, 2.24) is 10.2 Å². The quantitative estimate of drug-likeness (QED) is 0.616. The molecule has 0 aliphatic carbocycles. The number of amides is 2. The highest BCUT2D eigenvalue weighted by molar-refractivity contribution is 7.92. The molecule has 0 fully saturated rings. The summed E-state index contributed by atoms with van der Waals surface area (Å²) in [5, 5.41) is 2.80. The van der Waals surface area contributed by atoms with E-state index in [2.05, 4.69) is 5.32 Å². The maximum atomic E-state index is 13.4. The summed E-state index contributed by atoms with van der Waals surface area (Å²) < 4.78 is 25.9. The van der Waals surface area contributed by atoms with Crippen molar-refractivity contribution >= 4 is 39.1 Å². The molecular weight excluding hydrogens is 438 g/mol. The van der Waals surface area contributed by atoms with Gasteiger partial charge in [0.1, 0.15) is 12.6 Å². The van der Waals surface area contributed by atoms with Crippen molar-refractivity contribution in [1.29, 1.82) is 0 Å². The third kappa shape index (κ3) is 6.45. The molecule has 31 heavy (non-hydrogen) atoms. The SMILES string of the molecule is CC[C@@H](C(=O)NC)N(Cc1ccc(C)cc1)C(=O)CN(c1ccccc1Cl)S(C)(=O)=O. The molecular formula is C22H28ClN3O4S. The van der Waals surface area contributed by atoms with Crippen LogP contribution in [0, 0.1) is 6.92 Å². The molecule has 1 N–H and O–H groups in total. The van der Waals surface area contributed by atoms with E-state index in [4.69, 9.17) is 11.6 Å². The monoisotopic (exact) mass is 465 g/mol. The van der Waals surface area contributed by atoms with E-state index in [1.165, 1.54) is 18.0 Å². The number of aryl methyl sites for hydroxylation is 1. The van der Waals surface area contributed by atoms with Gasteiger partial charge < -0.3 is 10.2 Å². The van der Waals surface area contributed by atoms with Gasteiger partial charge in [0.2, 0.25) is 21.8 Å². The van der Waals surface area contributed by atoms with Crippen LogP contribution in [0.4, 0.5) is 5.69 Å². The molecule has 0 bridgehead atoms. The van der Waals surface area contributed by atoms with Gasteiger partial charge in [-0.05, 0) is 31.0 Å². The number of anilines is 1. The zero-order valence-corrected chi connectivity index (χ0v) is 19.7. The molecule has 2 aromatic carbocycles. The first kappa shape index (κ1) is 24.7. The number of halogens is 1. The Morgan fingerprint density at radius 3 is 2.23 bits per heavy atom. The van der Waals surface area contributed by atoms with Crippen LogP contribution >= 0.6 is 11.6 Å². The third-order valence-corrected chi connectivity index (χ3v) is 6.35. The second kappa shape index (κ2) is 10.6. The van der Waals surface area contributed by atoms with E-state index in [0.29, 0.717) is 6.42 Å². The fraction of sp³-hybridized carbons (Fsp3) is 0.364. The number of para-hydroxylation sites is 1. The Balaban J connectivity index is 2.43. The van der Waals surface area contributed by atoms with Crippen molar-refractivity contribution in [3.63, 3.8) is 0 Å². The minimum atomic E-state index is -3.80. The fourth-order valence-electron chi connectivity index (χ4n) is 3.23. The summed E-state index contributed by atoms with van der Waals surface area (Å²) in [6.07, 6.45) is 1.40. The molecule has 0 heterocycles. The van der Waals surface area contributed by atoms with Crippen LogP contribution < -0.4 is 9.62 Å². The molecule has 0 radical (unpaired) electrons. The van der Waals surface area contributed by atoms with Crippen molar-refractivity contribution in [2.45, 2.75) is 32.9 Å². The number of benzene rings is 2. The molecule has 9 heteroatoms. The molecule has 0 aliphatic rings. The van der Waals surface area contributed by atoms with Crippen LogP contribution in [0.5, 0.6) is 0 Å². The third-order valence-electron chi connectivity index (χ3n) is 4.91. The van der Waals surface area contributed by atoms with Gasteiger partial charge in [-0.1, -0.05) is 60.5 Å². The normalized spacial score (nSPS) is 12.2. The zero-order valence-electron chi connectivity index (χ0n) is 18.1. The van der Waals surface area contributed by atoms with Gasteiger partial charge in [0.05, 0.1) is 17.0 Å². The second-order valence-corrected chi connectivity index (χ2v) is 9.58. The van der Waals surface area contributed by atoms with Gasteiger partial charge >= 0.3 is 0 Å². The lowest BCUT2D eigenvalue weighted by atomic mass is 10.1. The van der Waals surface area contributed by atoms with Crippen LogP contribution in [0.25, 0.3) is 0 Å². The average molecular weight is 466 g/mol. The lowest BCUT2D eigenvalue weighted by Gasteiger charge is -2.32. The minimum absolute atomic E-state index is 0.172. The Labute approximate surface area is 189 Å². The Morgan fingerprint density at radius 1 is 1.10 bits per heavy atom. The van der Waals surface area contributed by atoms with Crippen molar-refractivity contribution in [3.05, 3.63) is 64.7 Å². The zero-order chi connectivity index (χ0) is 23.2. The number of rotatable bonds is 9. The molecule has 0 aliphatic heterocycles. The highest BCUT2D eigenvalue weighted by atomic mass is 35.5. The first-order valence-electron chi connectivity index (χ1n) is 9.87. The van der Waals surface area contributed by atoms with Crippen LogP contribution in [0.15, 0.2) is 48.5 Å². The van der Waals surface area contributed by atoms with Gasteiger partial charge in [-0.3, -0.25) is 13.9 Å². The Bertz CT molecular complexity index is 1030. The number of likely N-dealkylation sites (N-methyl/N-ethyl adjacent to an activating group) is 1. The van der Waals surface area contributed by atoms with Gasteiger partial charge in [-0.15, -0.1) is 0 Å². The van der Waals surface area contributed by atoms with Crippen molar-refractivity contribution in [3.8, 4) is 0 Å². The largest absolute Gasteiger partial charge is 0.357 e. The topological polar surface area (TPSA) is 86.8 Å². The van der Waals surface area contributed by atoms with E-state index in [1.807, 2.05) is 31.2 Å². The van der Waals surface area contributed by atoms with Crippen LogP contribution in [0.2, 0.25) is 5.02 Å². The van der Waals surface area contributed by atoms with Gasteiger partial charge in [0, 0.05) is 13.6 Å². The smallest absolute Gasteiger partial charge is 0.244 e. The maximum Gasteiger partial charge on any atom is 0.244 e. The molecule has 2 aromatic rings. The number of nitrogens with one attached hydrogen (secondary N) is 1.